The summed E-state index contributed by atoms with van der Waals surface area (Å²) < 4.78 is 5.64. The van der Waals surface area contributed by atoms with Crippen molar-refractivity contribution in [2.24, 2.45) is 5.92 Å². The normalized spacial score (nSPS) is 21.8. The van der Waals surface area contributed by atoms with E-state index in [1.54, 1.807) is 0 Å². The van der Waals surface area contributed by atoms with Crippen LogP contribution in [0.5, 0.6) is 0 Å². The predicted octanol–water partition coefficient (Wildman–Crippen LogP) is 2.16. The summed E-state index contributed by atoms with van der Waals surface area (Å²) in [5.74, 6) is 1.77. The maximum Gasteiger partial charge on any atom is 0.122 e. The zero-order chi connectivity index (χ0) is 14.5. The molecule has 1 aromatic heterocycles. The molecule has 0 spiro atoms. The Bertz CT molecular complexity index is 402. The van der Waals surface area contributed by atoms with Gasteiger partial charge in [-0.3, -0.25) is 4.90 Å². The fraction of sp³-hybridized carbons (Fsp3) is 0.750. The van der Waals surface area contributed by atoms with Crippen molar-refractivity contribution in [3.05, 3.63) is 23.7 Å². The Balaban J connectivity index is 1.88. The van der Waals surface area contributed by atoms with Gasteiger partial charge in [-0.2, -0.15) is 0 Å². The molecule has 0 amide bonds. The first-order valence-corrected chi connectivity index (χ1v) is 7.74. The van der Waals surface area contributed by atoms with Crippen molar-refractivity contribution in [1.29, 1.82) is 0 Å². The highest BCUT2D eigenvalue weighted by molar-refractivity contribution is 5.17. The molecule has 4 heteroatoms. The summed E-state index contributed by atoms with van der Waals surface area (Å²) in [4.78, 5) is 4.96. The summed E-state index contributed by atoms with van der Waals surface area (Å²) in [6.45, 7) is 13.1. The Hall–Kier alpha value is -0.840. The minimum atomic E-state index is 0.611. The molecule has 1 aromatic rings. The lowest BCUT2D eigenvalue weighted by molar-refractivity contribution is 0.0933. The average Bonchev–Trinajstić information content (AvgIpc) is 2.80. The molecule has 1 aliphatic rings. The van der Waals surface area contributed by atoms with Gasteiger partial charge in [-0.15, -0.1) is 0 Å². The molecular formula is C16H29N3O. The molecule has 0 aliphatic carbocycles. The molecule has 1 N–H and O–H groups in total. The summed E-state index contributed by atoms with van der Waals surface area (Å²) in [5, 5.41) is 3.46. The quantitative estimate of drug-likeness (QED) is 0.865. The largest absolute Gasteiger partial charge is 0.468 e. The van der Waals surface area contributed by atoms with Crippen LogP contribution in [0, 0.1) is 5.92 Å². The van der Waals surface area contributed by atoms with Crippen LogP contribution in [0.15, 0.2) is 16.7 Å². The van der Waals surface area contributed by atoms with Crippen LogP contribution in [0.3, 0.4) is 0 Å². The molecule has 0 aromatic carbocycles. The van der Waals surface area contributed by atoms with Gasteiger partial charge in [0.15, 0.2) is 0 Å². The van der Waals surface area contributed by atoms with Gasteiger partial charge in [0.25, 0.3) is 0 Å². The minimum Gasteiger partial charge on any atom is -0.468 e. The molecule has 1 fully saturated rings. The van der Waals surface area contributed by atoms with E-state index in [-0.39, 0.29) is 0 Å². The number of nitrogens with one attached hydrogen (secondary N) is 1. The summed E-state index contributed by atoms with van der Waals surface area (Å²) in [5.41, 5.74) is 1.33. The van der Waals surface area contributed by atoms with Gasteiger partial charge < -0.3 is 14.6 Å². The topological polar surface area (TPSA) is 31.7 Å². The number of hydrogen-bond acceptors (Lipinski definition) is 4. The Kier molecular flexibility index (Phi) is 5.64. The van der Waals surface area contributed by atoms with Gasteiger partial charge in [0.1, 0.15) is 5.76 Å². The second-order valence-electron chi connectivity index (χ2n) is 6.48. The molecule has 1 aliphatic heterocycles. The van der Waals surface area contributed by atoms with E-state index in [9.17, 15) is 0 Å². The third-order valence-electron chi connectivity index (χ3n) is 4.02. The average molecular weight is 279 g/mol. The van der Waals surface area contributed by atoms with Gasteiger partial charge in [-0.1, -0.05) is 13.8 Å². The van der Waals surface area contributed by atoms with Crippen molar-refractivity contribution >= 4 is 0 Å². The zero-order valence-corrected chi connectivity index (χ0v) is 13.4. The minimum absolute atomic E-state index is 0.611. The third-order valence-corrected chi connectivity index (χ3v) is 4.02. The lowest BCUT2D eigenvalue weighted by atomic mass is 10.1. The first-order valence-electron chi connectivity index (χ1n) is 7.74. The molecule has 1 saturated heterocycles. The number of hydrogen-bond donors (Lipinski definition) is 1. The Morgan fingerprint density at radius 1 is 1.40 bits per heavy atom. The van der Waals surface area contributed by atoms with Crippen molar-refractivity contribution in [3.8, 4) is 0 Å². The standard InChI is InChI=1S/C16H29N3O/c1-13(2)9-17-10-16-15(5-8-20-16)12-19-7-6-18(4)11-14(19)3/h5,8,13-14,17H,6-7,9-12H2,1-4H3. The van der Waals surface area contributed by atoms with Gasteiger partial charge in [-0.05, 0) is 32.5 Å². The van der Waals surface area contributed by atoms with Crippen LogP contribution >= 0.6 is 0 Å². The number of nitrogens with zero attached hydrogens (tertiary/aromatic N) is 2. The lowest BCUT2D eigenvalue weighted by Crippen LogP contribution is -2.49. The van der Waals surface area contributed by atoms with Crippen molar-refractivity contribution in [1.82, 2.24) is 15.1 Å². The molecule has 0 bridgehead atoms. The fourth-order valence-corrected chi connectivity index (χ4v) is 2.77. The second kappa shape index (κ2) is 7.25. The van der Waals surface area contributed by atoms with E-state index in [1.807, 2.05) is 6.26 Å². The van der Waals surface area contributed by atoms with Crippen molar-refractivity contribution in [3.63, 3.8) is 0 Å². The third kappa shape index (κ3) is 4.33. The van der Waals surface area contributed by atoms with Crippen LogP contribution in [0.2, 0.25) is 0 Å². The van der Waals surface area contributed by atoms with Crippen LogP contribution in [0.4, 0.5) is 0 Å². The maximum absolute atomic E-state index is 5.64. The predicted molar refractivity (Wildman–Crippen MR) is 82.6 cm³/mol. The number of rotatable bonds is 6. The number of furan rings is 1. The van der Waals surface area contributed by atoms with E-state index in [2.05, 4.69) is 49.0 Å². The van der Waals surface area contributed by atoms with Crippen LogP contribution in [-0.4, -0.2) is 49.1 Å². The van der Waals surface area contributed by atoms with E-state index in [0.29, 0.717) is 12.0 Å². The van der Waals surface area contributed by atoms with Gasteiger partial charge in [-0.25, -0.2) is 0 Å². The molecule has 2 rings (SSSR count). The van der Waals surface area contributed by atoms with Crippen LogP contribution in [0.1, 0.15) is 32.1 Å². The molecule has 0 radical (unpaired) electrons. The molecule has 114 valence electrons. The lowest BCUT2D eigenvalue weighted by Gasteiger charge is -2.38. The van der Waals surface area contributed by atoms with Crippen LogP contribution in [0.25, 0.3) is 0 Å². The van der Waals surface area contributed by atoms with E-state index in [1.165, 1.54) is 5.56 Å². The van der Waals surface area contributed by atoms with Crippen molar-refractivity contribution in [2.75, 3.05) is 33.2 Å². The smallest absolute Gasteiger partial charge is 0.122 e. The SMILES string of the molecule is CC(C)CNCc1occc1CN1CCN(C)CC1C. The van der Waals surface area contributed by atoms with Gasteiger partial charge in [0.05, 0.1) is 12.8 Å². The molecule has 2 heterocycles. The molecule has 1 unspecified atom stereocenters. The van der Waals surface area contributed by atoms with Gasteiger partial charge in [0.2, 0.25) is 0 Å². The molecule has 0 saturated carbocycles. The van der Waals surface area contributed by atoms with Gasteiger partial charge >= 0.3 is 0 Å². The fourth-order valence-electron chi connectivity index (χ4n) is 2.77. The monoisotopic (exact) mass is 279 g/mol. The first kappa shape index (κ1) is 15.5. The van der Waals surface area contributed by atoms with E-state index in [0.717, 1.165) is 45.0 Å². The van der Waals surface area contributed by atoms with Crippen LogP contribution in [-0.2, 0) is 13.1 Å². The van der Waals surface area contributed by atoms with E-state index >= 15 is 0 Å². The summed E-state index contributed by atoms with van der Waals surface area (Å²) >= 11 is 0. The molecular weight excluding hydrogens is 250 g/mol. The Labute approximate surface area is 123 Å². The molecule has 20 heavy (non-hydrogen) atoms. The zero-order valence-electron chi connectivity index (χ0n) is 13.4. The van der Waals surface area contributed by atoms with Crippen molar-refractivity contribution in [2.45, 2.75) is 39.9 Å². The summed E-state index contributed by atoms with van der Waals surface area (Å²) in [7, 11) is 2.20. The highest BCUT2D eigenvalue weighted by Crippen LogP contribution is 2.17. The Morgan fingerprint density at radius 3 is 2.90 bits per heavy atom. The van der Waals surface area contributed by atoms with E-state index in [4.69, 9.17) is 4.42 Å². The summed E-state index contributed by atoms with van der Waals surface area (Å²) in [6.07, 6.45) is 1.82. The number of likely N-dealkylation sites (N-methyl/N-ethyl adjacent to an activating group) is 1. The number of piperazine rings is 1. The van der Waals surface area contributed by atoms with Gasteiger partial charge in [0, 0.05) is 37.8 Å². The highest BCUT2D eigenvalue weighted by atomic mass is 16.3. The highest BCUT2D eigenvalue weighted by Gasteiger charge is 2.22. The van der Waals surface area contributed by atoms with Crippen molar-refractivity contribution < 1.29 is 4.42 Å². The molecule has 4 nitrogen and oxygen atoms in total. The molecule has 1 atom stereocenters. The maximum atomic E-state index is 5.64. The first-order chi connectivity index (χ1) is 9.56. The Morgan fingerprint density at radius 2 is 2.20 bits per heavy atom. The van der Waals surface area contributed by atoms with Crippen LogP contribution < -0.4 is 5.32 Å². The summed E-state index contributed by atoms with van der Waals surface area (Å²) in [6, 6.07) is 2.73. The van der Waals surface area contributed by atoms with E-state index < -0.39 is 0 Å². The second-order valence-corrected chi connectivity index (χ2v) is 6.48.